The summed E-state index contributed by atoms with van der Waals surface area (Å²) in [6.07, 6.45) is 5.10. The number of hydrogen-bond donors (Lipinski definition) is 2. The van der Waals surface area contributed by atoms with Crippen molar-refractivity contribution in [2.24, 2.45) is 7.05 Å². The van der Waals surface area contributed by atoms with E-state index in [1.807, 2.05) is 17.9 Å². The minimum atomic E-state index is -3.13. The molecular formula is C11H20N4O2S. The lowest BCUT2D eigenvalue weighted by Crippen LogP contribution is -2.33. The van der Waals surface area contributed by atoms with Gasteiger partial charge in [-0.1, -0.05) is 0 Å². The highest BCUT2D eigenvalue weighted by molar-refractivity contribution is 7.89. The van der Waals surface area contributed by atoms with Gasteiger partial charge in [-0.05, 0) is 26.3 Å². The fourth-order valence-corrected chi connectivity index (χ4v) is 2.98. The van der Waals surface area contributed by atoms with Gasteiger partial charge in [0.2, 0.25) is 10.0 Å². The van der Waals surface area contributed by atoms with Gasteiger partial charge in [0.25, 0.3) is 0 Å². The van der Waals surface area contributed by atoms with Crippen LogP contribution in [0.25, 0.3) is 0 Å². The Labute approximate surface area is 108 Å². The van der Waals surface area contributed by atoms with Gasteiger partial charge in [-0.2, -0.15) is 5.10 Å². The predicted molar refractivity (Wildman–Crippen MR) is 69.7 cm³/mol. The number of fused-ring (bicyclic) bond motifs is 1. The molecule has 18 heavy (non-hydrogen) atoms. The molecule has 1 aliphatic carbocycles. The van der Waals surface area contributed by atoms with Crippen LogP contribution in [0, 0.1) is 0 Å². The van der Waals surface area contributed by atoms with Crippen molar-refractivity contribution >= 4 is 10.0 Å². The molecule has 6 nitrogen and oxygen atoms in total. The molecule has 0 fully saturated rings. The molecule has 1 aliphatic rings. The maximum Gasteiger partial charge on any atom is 0.212 e. The topological polar surface area (TPSA) is 76.0 Å². The van der Waals surface area contributed by atoms with Crippen LogP contribution in [0.15, 0.2) is 6.20 Å². The van der Waals surface area contributed by atoms with Crippen LogP contribution in [0.4, 0.5) is 0 Å². The van der Waals surface area contributed by atoms with Crippen molar-refractivity contribution in [3.05, 3.63) is 17.5 Å². The summed E-state index contributed by atoms with van der Waals surface area (Å²) in [7, 11) is 0.265. The smallest absolute Gasteiger partial charge is 0.212 e. The Balaban J connectivity index is 1.96. The first-order chi connectivity index (χ1) is 8.53. The third-order valence-corrected chi connectivity index (χ3v) is 4.81. The van der Waals surface area contributed by atoms with E-state index >= 15 is 0 Å². The Morgan fingerprint density at radius 3 is 3.06 bits per heavy atom. The molecule has 2 rings (SSSR count). The second kappa shape index (κ2) is 5.38. The zero-order chi connectivity index (χ0) is 13.2. The lowest BCUT2D eigenvalue weighted by molar-refractivity contribution is 0.462. The van der Waals surface area contributed by atoms with Gasteiger partial charge in [-0.3, -0.25) is 4.68 Å². The number of hydrogen-bond acceptors (Lipinski definition) is 4. The lowest BCUT2D eigenvalue weighted by Gasteiger charge is -2.23. The molecule has 2 N–H and O–H groups in total. The molecule has 1 aromatic heterocycles. The molecule has 1 aromatic rings. The molecule has 1 unspecified atom stereocenters. The van der Waals surface area contributed by atoms with Crippen LogP contribution < -0.4 is 10.0 Å². The van der Waals surface area contributed by atoms with E-state index in [1.54, 1.807) is 0 Å². The quantitative estimate of drug-likeness (QED) is 0.787. The van der Waals surface area contributed by atoms with Gasteiger partial charge in [0.15, 0.2) is 0 Å². The van der Waals surface area contributed by atoms with Gasteiger partial charge in [0.05, 0.1) is 11.9 Å². The van der Waals surface area contributed by atoms with E-state index in [-0.39, 0.29) is 11.8 Å². The van der Waals surface area contributed by atoms with Crippen molar-refractivity contribution in [3.63, 3.8) is 0 Å². The van der Waals surface area contributed by atoms with Gasteiger partial charge in [-0.25, -0.2) is 13.1 Å². The van der Waals surface area contributed by atoms with E-state index in [0.717, 1.165) is 19.3 Å². The zero-order valence-corrected chi connectivity index (χ0v) is 11.6. The first-order valence-corrected chi connectivity index (χ1v) is 7.84. The first kappa shape index (κ1) is 13.5. The molecular weight excluding hydrogens is 252 g/mol. The normalized spacial score (nSPS) is 19.8. The van der Waals surface area contributed by atoms with Gasteiger partial charge in [0.1, 0.15) is 0 Å². The fraction of sp³-hybridized carbons (Fsp3) is 0.727. The third-order valence-electron chi connectivity index (χ3n) is 3.45. The monoisotopic (exact) mass is 272 g/mol. The van der Waals surface area contributed by atoms with Crippen LogP contribution in [-0.4, -0.2) is 37.5 Å². The second-order valence-corrected chi connectivity index (χ2v) is 6.64. The molecule has 0 saturated carbocycles. The predicted octanol–water partition coefficient (Wildman–Crippen LogP) is -0.0637. The number of rotatable bonds is 5. The highest BCUT2D eigenvalue weighted by Crippen LogP contribution is 2.28. The average Bonchev–Trinajstić information content (AvgIpc) is 2.72. The summed E-state index contributed by atoms with van der Waals surface area (Å²) in [5.74, 6) is 0.107. The zero-order valence-electron chi connectivity index (χ0n) is 10.8. The third kappa shape index (κ3) is 2.90. The molecule has 0 spiro atoms. The van der Waals surface area contributed by atoms with Crippen LogP contribution in [0.2, 0.25) is 0 Å². The summed E-state index contributed by atoms with van der Waals surface area (Å²) in [6, 6.07) is 0.231. The molecule has 0 radical (unpaired) electrons. The number of aromatic nitrogens is 2. The largest absolute Gasteiger partial charge is 0.309 e. The molecule has 7 heteroatoms. The summed E-state index contributed by atoms with van der Waals surface area (Å²) < 4.78 is 26.9. The standard InChI is InChI=1S/C11H20N4O2S/c1-12-18(16,17)7-6-13-10-4-3-5-11-9(10)8-14-15(11)2/h8,10,12-13H,3-7H2,1-2H3. The van der Waals surface area contributed by atoms with Crippen molar-refractivity contribution < 1.29 is 8.42 Å². The number of nitrogens with one attached hydrogen (secondary N) is 2. The Bertz CT molecular complexity index is 509. The Hall–Kier alpha value is -0.920. The van der Waals surface area contributed by atoms with E-state index in [2.05, 4.69) is 15.1 Å². The van der Waals surface area contributed by atoms with Crippen molar-refractivity contribution in [1.82, 2.24) is 19.8 Å². The van der Waals surface area contributed by atoms with Crippen molar-refractivity contribution in [3.8, 4) is 0 Å². The molecule has 102 valence electrons. The van der Waals surface area contributed by atoms with Crippen LogP contribution in [-0.2, 0) is 23.5 Å². The summed E-state index contributed by atoms with van der Waals surface area (Å²) in [4.78, 5) is 0. The maximum absolute atomic E-state index is 11.3. The second-order valence-electron chi connectivity index (χ2n) is 4.59. The van der Waals surface area contributed by atoms with Gasteiger partial charge in [-0.15, -0.1) is 0 Å². The molecule has 0 aliphatic heterocycles. The molecule has 1 heterocycles. The van der Waals surface area contributed by atoms with Crippen molar-refractivity contribution in [1.29, 1.82) is 0 Å². The molecule has 0 bridgehead atoms. The van der Waals surface area contributed by atoms with Crippen LogP contribution in [0.3, 0.4) is 0 Å². The number of sulfonamides is 1. The highest BCUT2D eigenvalue weighted by Gasteiger charge is 2.23. The van der Waals surface area contributed by atoms with Crippen LogP contribution in [0.1, 0.15) is 30.1 Å². The van der Waals surface area contributed by atoms with Crippen molar-refractivity contribution in [2.45, 2.75) is 25.3 Å². The number of aryl methyl sites for hydroxylation is 1. The molecule has 0 saturated heterocycles. The van der Waals surface area contributed by atoms with E-state index in [1.165, 1.54) is 18.3 Å². The molecule has 0 amide bonds. The van der Waals surface area contributed by atoms with Gasteiger partial charge >= 0.3 is 0 Å². The van der Waals surface area contributed by atoms with E-state index in [9.17, 15) is 8.42 Å². The summed E-state index contributed by atoms with van der Waals surface area (Å²) in [5.41, 5.74) is 2.47. The maximum atomic E-state index is 11.3. The minimum absolute atomic E-state index is 0.107. The lowest BCUT2D eigenvalue weighted by atomic mass is 9.93. The van der Waals surface area contributed by atoms with Crippen LogP contribution in [0.5, 0.6) is 0 Å². The van der Waals surface area contributed by atoms with Crippen molar-refractivity contribution in [2.75, 3.05) is 19.3 Å². The van der Waals surface area contributed by atoms with E-state index < -0.39 is 10.0 Å². The fourth-order valence-electron chi connectivity index (χ4n) is 2.39. The number of nitrogens with zero attached hydrogens (tertiary/aromatic N) is 2. The first-order valence-electron chi connectivity index (χ1n) is 6.19. The SMILES string of the molecule is CNS(=O)(=O)CCNC1CCCc2c1cnn2C. The Morgan fingerprint density at radius 1 is 1.56 bits per heavy atom. The summed E-state index contributed by atoms with van der Waals surface area (Å²) in [5, 5.41) is 7.58. The molecule has 1 atom stereocenters. The van der Waals surface area contributed by atoms with Gasteiger partial charge in [0, 0.05) is 30.9 Å². The van der Waals surface area contributed by atoms with Gasteiger partial charge < -0.3 is 5.32 Å². The molecule has 0 aromatic carbocycles. The van der Waals surface area contributed by atoms with E-state index in [0.29, 0.717) is 6.54 Å². The Kier molecular flexibility index (Phi) is 4.04. The summed E-state index contributed by atoms with van der Waals surface area (Å²) >= 11 is 0. The van der Waals surface area contributed by atoms with E-state index in [4.69, 9.17) is 0 Å². The highest BCUT2D eigenvalue weighted by atomic mass is 32.2. The minimum Gasteiger partial charge on any atom is -0.309 e. The summed E-state index contributed by atoms with van der Waals surface area (Å²) in [6.45, 7) is 0.460. The van der Waals surface area contributed by atoms with Crippen LogP contribution >= 0.6 is 0 Å². The average molecular weight is 272 g/mol. The Morgan fingerprint density at radius 2 is 2.33 bits per heavy atom.